The highest BCUT2D eigenvalue weighted by Gasteiger charge is 2.31. The van der Waals surface area contributed by atoms with E-state index in [9.17, 15) is 20.4 Å². The number of ether oxygens (including phenoxy) is 4. The lowest BCUT2D eigenvalue weighted by molar-refractivity contribution is 0.414. The van der Waals surface area contributed by atoms with Crippen LogP contribution in [0.25, 0.3) is 88.7 Å². The summed E-state index contributed by atoms with van der Waals surface area (Å²) < 4.78 is 29.3. The molecule has 2 aliphatic carbocycles. The Morgan fingerprint density at radius 1 is 0.243 bits per heavy atom. The number of aromatic hydroxyl groups is 4. The van der Waals surface area contributed by atoms with Crippen molar-refractivity contribution in [1.29, 1.82) is 0 Å². The van der Waals surface area contributed by atoms with Crippen LogP contribution in [0.5, 0.6) is 46.5 Å². The monoisotopic (exact) mass is 1840 g/mol. The normalized spacial score (nSPS) is 11.9. The van der Waals surface area contributed by atoms with Crippen molar-refractivity contribution in [3.05, 3.63) is 450 Å². The van der Waals surface area contributed by atoms with E-state index >= 15 is 0 Å². The van der Waals surface area contributed by atoms with Crippen molar-refractivity contribution in [2.75, 3.05) is 28.4 Å². The predicted molar refractivity (Wildman–Crippen MR) is 553 cm³/mol. The van der Waals surface area contributed by atoms with Gasteiger partial charge in [0.25, 0.3) is 0 Å². The average Bonchev–Trinajstić information content (AvgIpc) is 1.55. The summed E-state index contributed by atoms with van der Waals surface area (Å²) >= 11 is 0. The lowest BCUT2D eigenvalue weighted by Crippen LogP contribution is -2.13. The lowest BCUT2D eigenvalue weighted by atomic mass is 9.91. The van der Waals surface area contributed by atoms with Crippen LogP contribution >= 0.6 is 0 Å². The smallest absolute Gasteiger partial charge is 0.220 e. The van der Waals surface area contributed by atoms with E-state index in [0.29, 0.717) is 85.4 Å². The summed E-state index contributed by atoms with van der Waals surface area (Å²) in [5.74, 6) is 4.05. The fraction of sp³-hybridized carbons (Fsp3) is 0.167. The van der Waals surface area contributed by atoms with Gasteiger partial charge in [0, 0.05) is 73.3 Å². The summed E-state index contributed by atoms with van der Waals surface area (Å²) in [7, 11) is 6.72. The first kappa shape index (κ1) is 89.5. The molecule has 0 spiro atoms. The zero-order valence-corrected chi connectivity index (χ0v) is 79.3. The van der Waals surface area contributed by atoms with Crippen LogP contribution in [0.3, 0.4) is 0 Å². The van der Waals surface area contributed by atoms with Gasteiger partial charge in [0.05, 0.1) is 96.1 Å². The first-order chi connectivity index (χ1) is 68.4. The van der Waals surface area contributed by atoms with Gasteiger partial charge in [-0.2, -0.15) is 0 Å². The number of hydrogen-bond acceptors (Lipinski definition) is 16. The molecule has 14 aromatic carbocycles. The molecule has 24 rings (SSSR count). The van der Waals surface area contributed by atoms with E-state index in [1.807, 2.05) is 163 Å². The molecule has 140 heavy (non-hydrogen) atoms. The summed E-state index contributed by atoms with van der Waals surface area (Å²) in [6, 6.07) is 107. The van der Waals surface area contributed by atoms with Crippen LogP contribution in [-0.2, 0) is 77.0 Å². The molecule has 0 bridgehead atoms. The van der Waals surface area contributed by atoms with E-state index in [1.54, 1.807) is 28.4 Å². The molecule has 0 aliphatic heterocycles. The SMILES string of the molecule is COc1ccc2c(c1)CCc1c-2nc(Cc2ccccc2)c2nc(Cc3ccc(C)cc3)c(O)n12.COc1ccc2c(c1)CCc1c-2nc(Cc2ccccc2)c2nc(Cc3ccc(C)cc3)c(O)n12.COc1ccc2c(ccc3c2nc(Cc2ccccc2)c2nc(Cc4ccc(C)cc4)c(O)n23)c1.COc1ccc2c(ccc3c2nc(Cc2ccccc2)c2nc(Cc4ccc(C)cc4)c(O)n23)c1. The molecule has 0 saturated heterocycles. The number of imidazole rings is 4. The number of nitrogens with zero attached hydrogens (tertiary/aromatic N) is 12. The van der Waals surface area contributed by atoms with Crippen molar-refractivity contribution >= 4 is 66.2 Å². The van der Waals surface area contributed by atoms with Crippen molar-refractivity contribution < 1.29 is 39.4 Å². The first-order valence-electron chi connectivity index (χ1n) is 47.4. The van der Waals surface area contributed by atoms with Crippen LogP contribution in [0.4, 0.5) is 0 Å². The second-order valence-electron chi connectivity index (χ2n) is 36.4. The Labute approximate surface area is 810 Å². The Morgan fingerprint density at radius 2 is 0.500 bits per heavy atom. The minimum atomic E-state index is 0.162. The molecule has 0 radical (unpaired) electrons. The van der Waals surface area contributed by atoms with Gasteiger partial charge in [-0.1, -0.05) is 253 Å². The molecule has 0 amide bonds. The number of methoxy groups -OCH3 is 4. The van der Waals surface area contributed by atoms with Gasteiger partial charge in [-0.3, -0.25) is 17.6 Å². The number of aryl methyl sites for hydroxylation is 8. The van der Waals surface area contributed by atoms with Crippen molar-refractivity contribution in [3.8, 4) is 69.0 Å². The molecule has 4 N–H and O–H groups in total. The number of fused-ring (bicyclic) bond motifs is 20. The molecule has 0 fully saturated rings. The van der Waals surface area contributed by atoms with E-state index in [0.717, 1.165) is 205 Å². The Hall–Kier alpha value is -17.0. The van der Waals surface area contributed by atoms with Crippen LogP contribution in [0.15, 0.2) is 315 Å². The standard InChI is InChI=1S/2C30H27N3O2.2C30H25N3O2/c4*1-19-8-10-21(11-9-19)17-26-30(34)33-27-15-12-22-18-23(35-2)13-14-24(22)28(27)31-25(29(33)32-26)16-20-6-4-3-5-7-20/h2*3-11,13-14,18,34H,12,15-17H2,1-2H3;2*3-15,18,34H,16-17H2,1-2H3. The van der Waals surface area contributed by atoms with Crippen LogP contribution in [0.2, 0.25) is 0 Å². The Balaban J connectivity index is 0.000000111. The van der Waals surface area contributed by atoms with Crippen LogP contribution in [-0.4, -0.2) is 106 Å². The Kier molecular flexibility index (Phi) is 24.7. The maximum absolute atomic E-state index is 11.4. The summed E-state index contributed by atoms with van der Waals surface area (Å²) in [5, 5.41) is 49.8. The summed E-state index contributed by atoms with van der Waals surface area (Å²) in [5.41, 5.74) is 34.6. The largest absolute Gasteiger partial charge is 0.497 e. The third-order valence-corrected chi connectivity index (χ3v) is 26.9. The summed E-state index contributed by atoms with van der Waals surface area (Å²) in [4.78, 5) is 40.3. The number of benzene rings is 14. The van der Waals surface area contributed by atoms with E-state index in [2.05, 4.69) is 198 Å². The third kappa shape index (κ3) is 18.0. The van der Waals surface area contributed by atoms with Gasteiger partial charge in [0.1, 0.15) is 45.8 Å². The zero-order valence-electron chi connectivity index (χ0n) is 79.3. The molecule has 20 nitrogen and oxygen atoms in total. The van der Waals surface area contributed by atoms with Gasteiger partial charge in [0.2, 0.25) is 23.5 Å². The van der Waals surface area contributed by atoms with Crippen molar-refractivity contribution in [3.63, 3.8) is 0 Å². The topological polar surface area (TPSA) is 239 Å². The third-order valence-electron chi connectivity index (χ3n) is 26.9. The fourth-order valence-electron chi connectivity index (χ4n) is 19.4. The van der Waals surface area contributed by atoms with Gasteiger partial charge < -0.3 is 39.4 Å². The van der Waals surface area contributed by atoms with Gasteiger partial charge in [-0.05, 0) is 205 Å². The lowest BCUT2D eigenvalue weighted by Gasteiger charge is -2.22. The van der Waals surface area contributed by atoms with Crippen molar-refractivity contribution in [1.82, 2.24) is 57.5 Å². The molecule has 20 heteroatoms. The fourth-order valence-corrected chi connectivity index (χ4v) is 19.4. The average molecular weight is 1840 g/mol. The molecule has 0 saturated carbocycles. The molecule has 692 valence electrons. The summed E-state index contributed by atoms with van der Waals surface area (Å²) in [6.45, 7) is 8.29. The summed E-state index contributed by atoms with van der Waals surface area (Å²) in [6.07, 6.45) is 8.03. The zero-order chi connectivity index (χ0) is 95.8. The highest BCUT2D eigenvalue weighted by atomic mass is 16.5. The van der Waals surface area contributed by atoms with Gasteiger partial charge in [0.15, 0.2) is 22.6 Å². The molecular weight excluding hydrogens is 1740 g/mol. The van der Waals surface area contributed by atoms with Crippen molar-refractivity contribution in [2.45, 2.75) is 105 Å². The first-order valence-corrected chi connectivity index (χ1v) is 47.4. The molecule has 0 unspecified atom stereocenters. The second-order valence-corrected chi connectivity index (χ2v) is 36.4. The Bertz CT molecular complexity index is 7920. The maximum atomic E-state index is 11.4. The minimum Gasteiger partial charge on any atom is -0.497 e. The molecular formula is C120H104N12O8. The van der Waals surface area contributed by atoms with Crippen LogP contribution in [0, 0.1) is 27.7 Å². The highest BCUT2D eigenvalue weighted by Crippen LogP contribution is 2.43. The van der Waals surface area contributed by atoms with Crippen LogP contribution in [0.1, 0.15) is 135 Å². The molecule has 8 heterocycles. The van der Waals surface area contributed by atoms with Gasteiger partial charge in [-0.15, -0.1) is 0 Å². The van der Waals surface area contributed by atoms with E-state index < -0.39 is 0 Å². The van der Waals surface area contributed by atoms with E-state index in [4.69, 9.17) is 58.8 Å². The minimum absolute atomic E-state index is 0.162. The quantitative estimate of drug-likeness (QED) is 0.0519. The molecule has 8 aromatic heterocycles. The number of rotatable bonds is 20. The number of aromatic nitrogens is 12. The van der Waals surface area contributed by atoms with Crippen molar-refractivity contribution in [2.24, 2.45) is 0 Å². The molecule has 0 atom stereocenters. The molecule has 2 aliphatic rings. The van der Waals surface area contributed by atoms with E-state index in [1.165, 1.54) is 33.4 Å². The van der Waals surface area contributed by atoms with Gasteiger partial charge >= 0.3 is 0 Å². The molecule has 22 aromatic rings. The number of hydrogen-bond donors (Lipinski definition) is 4. The van der Waals surface area contributed by atoms with Gasteiger partial charge in [-0.25, -0.2) is 39.9 Å². The highest BCUT2D eigenvalue weighted by molar-refractivity contribution is 6.07. The predicted octanol–water partition coefficient (Wildman–Crippen LogP) is 23.9. The second kappa shape index (κ2) is 38.6. The van der Waals surface area contributed by atoms with E-state index in [-0.39, 0.29) is 23.5 Å². The van der Waals surface area contributed by atoms with Crippen LogP contribution < -0.4 is 18.9 Å². The maximum Gasteiger partial charge on any atom is 0.220 e. The Morgan fingerprint density at radius 3 is 0.800 bits per heavy atom.